The van der Waals surface area contributed by atoms with Crippen molar-refractivity contribution in [2.24, 2.45) is 5.84 Å². The van der Waals surface area contributed by atoms with Gasteiger partial charge in [-0.25, -0.2) is 5.84 Å². The molecule has 1 aromatic carbocycles. The molecule has 1 aromatic heterocycles. The average Bonchev–Trinajstić information content (AvgIpc) is 2.79. The van der Waals surface area contributed by atoms with Gasteiger partial charge in [0.2, 0.25) is 0 Å². The van der Waals surface area contributed by atoms with E-state index in [2.05, 4.69) is 5.32 Å². The number of anilines is 1. The number of nitrogen functional groups attached to an aromatic ring is 1. The molecule has 1 aliphatic heterocycles. The van der Waals surface area contributed by atoms with Gasteiger partial charge in [-0.05, 0) is 23.9 Å². The highest BCUT2D eigenvalue weighted by molar-refractivity contribution is 7.99. The Morgan fingerprint density at radius 2 is 2.16 bits per heavy atom. The van der Waals surface area contributed by atoms with E-state index in [0.29, 0.717) is 16.3 Å². The normalized spacial score (nSPS) is 13.0. The van der Waals surface area contributed by atoms with Crippen LogP contribution >= 0.6 is 11.8 Å². The molecule has 0 saturated heterocycles. The second kappa shape index (κ2) is 4.45. The van der Waals surface area contributed by atoms with Crippen molar-refractivity contribution in [1.29, 1.82) is 0 Å². The van der Waals surface area contributed by atoms with E-state index in [1.165, 1.54) is 17.8 Å². The number of furan rings is 1. The molecule has 0 spiro atoms. The first kappa shape index (κ1) is 11.8. The SMILES string of the molecule is NNC(=O)c1cc2c(o1)Sc1ccccc1NC2=O. The molecule has 0 saturated carbocycles. The molecule has 4 N–H and O–H groups in total. The van der Waals surface area contributed by atoms with Crippen molar-refractivity contribution in [2.75, 3.05) is 5.32 Å². The molecule has 2 amide bonds. The molecule has 19 heavy (non-hydrogen) atoms. The zero-order valence-corrected chi connectivity index (χ0v) is 10.4. The van der Waals surface area contributed by atoms with Crippen molar-refractivity contribution in [3.63, 3.8) is 0 Å². The van der Waals surface area contributed by atoms with Crippen LogP contribution in [0.15, 0.2) is 44.7 Å². The lowest BCUT2D eigenvalue weighted by atomic mass is 10.2. The highest BCUT2D eigenvalue weighted by atomic mass is 32.2. The molecule has 96 valence electrons. The van der Waals surface area contributed by atoms with E-state index in [1.54, 1.807) is 6.07 Å². The summed E-state index contributed by atoms with van der Waals surface area (Å²) >= 11 is 1.28. The molecular weight excluding hydrogens is 266 g/mol. The van der Waals surface area contributed by atoms with Crippen molar-refractivity contribution in [2.45, 2.75) is 9.99 Å². The van der Waals surface area contributed by atoms with Gasteiger partial charge in [0.25, 0.3) is 5.91 Å². The van der Waals surface area contributed by atoms with Crippen molar-refractivity contribution in [1.82, 2.24) is 5.43 Å². The predicted octanol–water partition coefficient (Wildman–Crippen LogP) is 1.60. The van der Waals surface area contributed by atoms with Crippen LogP contribution in [0, 0.1) is 0 Å². The van der Waals surface area contributed by atoms with Crippen LogP contribution in [0.4, 0.5) is 5.69 Å². The first-order chi connectivity index (χ1) is 9.19. The Balaban J connectivity index is 2.08. The molecule has 2 heterocycles. The number of hydrogen-bond acceptors (Lipinski definition) is 5. The van der Waals surface area contributed by atoms with Gasteiger partial charge in [-0.1, -0.05) is 12.1 Å². The number of amides is 2. The van der Waals surface area contributed by atoms with Crippen LogP contribution in [0.25, 0.3) is 0 Å². The topological polar surface area (TPSA) is 97.4 Å². The lowest BCUT2D eigenvalue weighted by Crippen LogP contribution is -2.29. The number of benzene rings is 1. The number of fused-ring (bicyclic) bond motifs is 2. The zero-order chi connectivity index (χ0) is 13.4. The van der Waals surface area contributed by atoms with E-state index in [9.17, 15) is 9.59 Å². The number of para-hydroxylation sites is 1. The van der Waals surface area contributed by atoms with Gasteiger partial charge in [0.05, 0.1) is 11.3 Å². The summed E-state index contributed by atoms with van der Waals surface area (Å²) in [7, 11) is 0. The van der Waals surface area contributed by atoms with Crippen LogP contribution in [-0.4, -0.2) is 11.8 Å². The lowest BCUT2D eigenvalue weighted by molar-refractivity contribution is 0.0919. The first-order valence-electron chi connectivity index (χ1n) is 5.42. The summed E-state index contributed by atoms with van der Waals surface area (Å²) in [5.74, 6) is 4.16. The summed E-state index contributed by atoms with van der Waals surface area (Å²) in [5.41, 5.74) is 3.00. The Kier molecular flexibility index (Phi) is 2.77. The maximum atomic E-state index is 12.0. The molecule has 0 bridgehead atoms. The third kappa shape index (κ3) is 1.98. The molecule has 0 fully saturated rings. The molecule has 1 aliphatic rings. The highest BCUT2D eigenvalue weighted by Crippen LogP contribution is 2.39. The summed E-state index contributed by atoms with van der Waals surface area (Å²) < 4.78 is 5.38. The molecular formula is C12H9N3O3S. The molecule has 0 aliphatic carbocycles. The van der Waals surface area contributed by atoms with Gasteiger partial charge in [-0.2, -0.15) is 0 Å². The van der Waals surface area contributed by atoms with Crippen LogP contribution in [0.3, 0.4) is 0 Å². The monoisotopic (exact) mass is 275 g/mol. The maximum absolute atomic E-state index is 12.0. The Morgan fingerprint density at radius 3 is 2.95 bits per heavy atom. The second-order valence-corrected chi connectivity index (χ2v) is 4.85. The molecule has 3 rings (SSSR count). The van der Waals surface area contributed by atoms with Gasteiger partial charge in [-0.15, -0.1) is 0 Å². The summed E-state index contributed by atoms with van der Waals surface area (Å²) in [6.45, 7) is 0. The van der Waals surface area contributed by atoms with Crippen molar-refractivity contribution < 1.29 is 14.0 Å². The number of nitrogens with one attached hydrogen (secondary N) is 2. The Bertz CT molecular complexity index is 681. The molecule has 0 unspecified atom stereocenters. The Labute approximate surface area is 112 Å². The highest BCUT2D eigenvalue weighted by Gasteiger charge is 2.26. The largest absolute Gasteiger partial charge is 0.443 e. The van der Waals surface area contributed by atoms with E-state index < -0.39 is 5.91 Å². The molecule has 7 heteroatoms. The molecule has 0 atom stereocenters. The van der Waals surface area contributed by atoms with E-state index in [4.69, 9.17) is 10.3 Å². The quantitative estimate of drug-likeness (QED) is 0.417. The van der Waals surface area contributed by atoms with Crippen LogP contribution in [-0.2, 0) is 0 Å². The summed E-state index contributed by atoms with van der Waals surface area (Å²) in [4.78, 5) is 24.3. The van der Waals surface area contributed by atoms with Crippen molar-refractivity contribution >= 4 is 29.3 Å². The summed E-state index contributed by atoms with van der Waals surface area (Å²) in [5, 5.41) is 3.14. The second-order valence-electron chi connectivity index (χ2n) is 3.84. The molecule has 6 nitrogen and oxygen atoms in total. The number of rotatable bonds is 1. The number of hydrogen-bond donors (Lipinski definition) is 3. The average molecular weight is 275 g/mol. The number of hydrazine groups is 1. The van der Waals surface area contributed by atoms with Gasteiger partial charge in [0.15, 0.2) is 10.9 Å². The third-order valence-electron chi connectivity index (χ3n) is 2.64. The smallest absolute Gasteiger partial charge is 0.300 e. The van der Waals surface area contributed by atoms with Gasteiger partial charge < -0.3 is 9.73 Å². The fraction of sp³-hybridized carbons (Fsp3) is 0. The third-order valence-corrected chi connectivity index (χ3v) is 3.70. The minimum atomic E-state index is -0.574. The van der Waals surface area contributed by atoms with Gasteiger partial charge in [0.1, 0.15) is 0 Å². The predicted molar refractivity (Wildman–Crippen MR) is 68.9 cm³/mol. The van der Waals surface area contributed by atoms with Crippen LogP contribution < -0.4 is 16.6 Å². The van der Waals surface area contributed by atoms with Crippen LogP contribution in [0.5, 0.6) is 0 Å². The van der Waals surface area contributed by atoms with E-state index >= 15 is 0 Å². The van der Waals surface area contributed by atoms with Gasteiger partial charge in [-0.3, -0.25) is 15.0 Å². The maximum Gasteiger partial charge on any atom is 0.300 e. The minimum Gasteiger partial charge on any atom is -0.443 e. The summed E-state index contributed by atoms with van der Waals surface area (Å²) in [6.07, 6.45) is 0. The first-order valence-corrected chi connectivity index (χ1v) is 6.23. The molecule has 0 radical (unpaired) electrons. The van der Waals surface area contributed by atoms with Crippen LogP contribution in [0.2, 0.25) is 0 Å². The Morgan fingerprint density at radius 1 is 1.37 bits per heavy atom. The zero-order valence-electron chi connectivity index (χ0n) is 9.60. The van der Waals surface area contributed by atoms with Gasteiger partial charge >= 0.3 is 5.91 Å². The van der Waals surface area contributed by atoms with E-state index in [0.717, 1.165) is 4.90 Å². The van der Waals surface area contributed by atoms with Crippen molar-refractivity contribution in [3.8, 4) is 0 Å². The van der Waals surface area contributed by atoms with E-state index in [1.807, 2.05) is 23.6 Å². The van der Waals surface area contributed by atoms with E-state index in [-0.39, 0.29) is 11.7 Å². The van der Waals surface area contributed by atoms with Crippen molar-refractivity contribution in [3.05, 3.63) is 41.7 Å². The number of nitrogens with two attached hydrogens (primary N) is 1. The Hall–Kier alpha value is -2.25. The van der Waals surface area contributed by atoms with Crippen LogP contribution in [0.1, 0.15) is 20.9 Å². The lowest BCUT2D eigenvalue weighted by Gasteiger charge is -2.04. The molecule has 2 aromatic rings. The standard InChI is InChI=1S/C12H9N3O3S/c13-15-11(17)8-5-6-10(16)14-7-3-1-2-4-9(7)19-12(6)18-8/h1-5H,13H2,(H,14,16)(H,15,17). The summed E-state index contributed by atoms with van der Waals surface area (Å²) in [6, 6.07) is 8.74. The minimum absolute atomic E-state index is 0.00883. The fourth-order valence-corrected chi connectivity index (χ4v) is 2.71. The fourth-order valence-electron chi connectivity index (χ4n) is 1.74. The van der Waals surface area contributed by atoms with Gasteiger partial charge in [0, 0.05) is 11.0 Å². The number of carbonyl (C=O) groups is 2. The number of carbonyl (C=O) groups excluding carboxylic acids is 2.